The van der Waals surface area contributed by atoms with Gasteiger partial charge in [0.25, 0.3) is 0 Å². The lowest BCUT2D eigenvalue weighted by atomic mass is 9.45. The van der Waals surface area contributed by atoms with Crippen LogP contribution in [0, 0.1) is 46.3 Å². The summed E-state index contributed by atoms with van der Waals surface area (Å²) >= 11 is 0. The highest BCUT2D eigenvalue weighted by molar-refractivity contribution is 5.27. The fourth-order valence-corrected chi connectivity index (χ4v) is 9.18. The predicted molar refractivity (Wildman–Crippen MR) is 130 cm³/mol. The van der Waals surface area contributed by atoms with Crippen LogP contribution >= 0.6 is 0 Å². The van der Waals surface area contributed by atoms with Gasteiger partial charge in [0.15, 0.2) is 0 Å². The molecule has 31 heavy (non-hydrogen) atoms. The average molecular weight is 431 g/mol. The largest absolute Gasteiger partial charge is 0.393 e. The van der Waals surface area contributed by atoms with Gasteiger partial charge >= 0.3 is 0 Å². The molecule has 2 N–H and O–H groups in total. The summed E-state index contributed by atoms with van der Waals surface area (Å²) in [5.74, 6) is 4.50. The van der Waals surface area contributed by atoms with Crippen molar-refractivity contribution in [1.82, 2.24) is 0 Å². The van der Waals surface area contributed by atoms with Gasteiger partial charge in [-0.25, -0.2) is 0 Å². The highest BCUT2D eigenvalue weighted by Crippen LogP contribution is 2.68. The van der Waals surface area contributed by atoms with Crippen LogP contribution in [0.1, 0.15) is 112 Å². The summed E-state index contributed by atoms with van der Waals surface area (Å²) in [4.78, 5) is 0. The third-order valence-electron chi connectivity index (χ3n) is 11.2. The Balaban J connectivity index is 1.53. The van der Waals surface area contributed by atoms with E-state index in [9.17, 15) is 10.2 Å². The summed E-state index contributed by atoms with van der Waals surface area (Å²) in [6, 6.07) is 0. The molecule has 7 unspecified atom stereocenters. The second-order valence-corrected chi connectivity index (χ2v) is 13.1. The second-order valence-electron chi connectivity index (χ2n) is 13.1. The Bertz CT molecular complexity index is 678. The summed E-state index contributed by atoms with van der Waals surface area (Å²) in [6.07, 6.45) is 15.9. The van der Waals surface area contributed by atoms with Gasteiger partial charge in [0.2, 0.25) is 0 Å². The minimum Gasteiger partial charge on any atom is -0.393 e. The molecule has 3 fully saturated rings. The maximum absolute atomic E-state index is 10.7. The van der Waals surface area contributed by atoms with Crippen LogP contribution in [-0.4, -0.2) is 21.9 Å². The van der Waals surface area contributed by atoms with E-state index in [1.165, 1.54) is 51.4 Å². The van der Waals surface area contributed by atoms with Gasteiger partial charge in [-0.05, 0) is 124 Å². The molecule has 4 aliphatic rings. The maximum Gasteiger partial charge on any atom is 0.0657 e. The number of hydrogen-bond acceptors (Lipinski definition) is 2. The standard InChI is InChI=1S/C29H50O2/c1-7-29-15-14-24-22(10-9-21-18-27(5,31)16-17-28(21,24)6)25(29)12-11-23(29)20(4)8-13-26(30)19(2)3/h9,19-20,22-26,30-31H,7-8,10-18H2,1-6H3/t20-,22?,23?,24?,25?,26?,27+,28?,29?/m1/s1. The third-order valence-corrected chi connectivity index (χ3v) is 11.2. The van der Waals surface area contributed by atoms with Crippen LogP contribution in [0.15, 0.2) is 11.6 Å². The summed E-state index contributed by atoms with van der Waals surface area (Å²) < 4.78 is 0. The van der Waals surface area contributed by atoms with E-state index in [1.54, 1.807) is 5.57 Å². The minimum absolute atomic E-state index is 0.140. The number of rotatable bonds is 6. The zero-order valence-electron chi connectivity index (χ0n) is 21.3. The van der Waals surface area contributed by atoms with E-state index in [2.05, 4.69) is 40.7 Å². The molecule has 0 spiro atoms. The number of aliphatic hydroxyl groups excluding tert-OH is 1. The van der Waals surface area contributed by atoms with E-state index < -0.39 is 5.60 Å². The molecule has 0 amide bonds. The van der Waals surface area contributed by atoms with Gasteiger partial charge in [-0.15, -0.1) is 0 Å². The minimum atomic E-state index is -0.492. The second kappa shape index (κ2) is 8.46. The number of fused-ring (bicyclic) bond motifs is 5. The van der Waals surface area contributed by atoms with Crippen LogP contribution in [0.4, 0.5) is 0 Å². The first-order valence-electron chi connectivity index (χ1n) is 13.6. The average Bonchev–Trinajstić information content (AvgIpc) is 3.12. The summed E-state index contributed by atoms with van der Waals surface area (Å²) in [7, 11) is 0. The molecule has 0 saturated heterocycles. The zero-order valence-corrected chi connectivity index (χ0v) is 21.3. The van der Waals surface area contributed by atoms with Gasteiger partial charge in [-0.3, -0.25) is 0 Å². The lowest BCUT2D eigenvalue weighted by Gasteiger charge is -2.60. The molecular formula is C29H50O2. The Morgan fingerprint density at radius 3 is 2.42 bits per heavy atom. The third kappa shape index (κ3) is 3.96. The Labute approximate surface area is 192 Å². The Kier molecular flexibility index (Phi) is 6.50. The van der Waals surface area contributed by atoms with Gasteiger partial charge in [0.1, 0.15) is 0 Å². The van der Waals surface area contributed by atoms with E-state index in [4.69, 9.17) is 0 Å². The SMILES string of the molecule is CCC12CCC3C(CC=C4C[C@@](C)(O)CCC43C)C1CCC2[C@H](C)CCC(O)C(C)C. The van der Waals surface area contributed by atoms with Crippen LogP contribution in [0.2, 0.25) is 0 Å². The van der Waals surface area contributed by atoms with Crippen molar-refractivity contribution < 1.29 is 10.2 Å². The first kappa shape index (κ1) is 23.8. The predicted octanol–water partition coefficient (Wildman–Crippen LogP) is 7.14. The van der Waals surface area contributed by atoms with Gasteiger partial charge in [-0.1, -0.05) is 46.3 Å². The number of hydrogen-bond donors (Lipinski definition) is 2. The van der Waals surface area contributed by atoms with Crippen molar-refractivity contribution in [1.29, 1.82) is 0 Å². The summed E-state index contributed by atoms with van der Waals surface area (Å²) in [6.45, 7) is 13.9. The van der Waals surface area contributed by atoms with Crippen molar-refractivity contribution in [2.45, 2.75) is 124 Å². The molecule has 0 aromatic rings. The molecule has 2 nitrogen and oxygen atoms in total. The number of aliphatic hydroxyl groups is 2. The van der Waals surface area contributed by atoms with E-state index in [1.807, 2.05) is 6.92 Å². The van der Waals surface area contributed by atoms with E-state index in [0.717, 1.165) is 48.9 Å². The van der Waals surface area contributed by atoms with Crippen molar-refractivity contribution >= 4 is 0 Å². The van der Waals surface area contributed by atoms with Crippen LogP contribution in [-0.2, 0) is 0 Å². The highest BCUT2D eigenvalue weighted by atomic mass is 16.3. The van der Waals surface area contributed by atoms with E-state index in [-0.39, 0.29) is 6.10 Å². The van der Waals surface area contributed by atoms with Gasteiger partial charge in [0.05, 0.1) is 11.7 Å². The molecule has 3 saturated carbocycles. The molecule has 0 aromatic carbocycles. The zero-order chi connectivity index (χ0) is 22.6. The number of allylic oxidation sites excluding steroid dienone is 1. The van der Waals surface area contributed by atoms with Crippen molar-refractivity contribution in [3.8, 4) is 0 Å². The normalized spacial score (nSPS) is 46.7. The summed E-state index contributed by atoms with van der Waals surface area (Å²) in [5, 5.41) is 21.1. The fourth-order valence-electron chi connectivity index (χ4n) is 9.18. The Morgan fingerprint density at radius 2 is 1.74 bits per heavy atom. The molecule has 178 valence electrons. The van der Waals surface area contributed by atoms with E-state index >= 15 is 0 Å². The van der Waals surface area contributed by atoms with Crippen LogP contribution in [0.3, 0.4) is 0 Å². The first-order chi connectivity index (χ1) is 14.5. The summed E-state index contributed by atoms with van der Waals surface area (Å²) in [5.41, 5.74) is 1.95. The van der Waals surface area contributed by atoms with Crippen LogP contribution in [0.5, 0.6) is 0 Å². The van der Waals surface area contributed by atoms with Crippen molar-refractivity contribution in [3.63, 3.8) is 0 Å². The van der Waals surface area contributed by atoms with Crippen molar-refractivity contribution in [2.75, 3.05) is 0 Å². The molecule has 4 aliphatic carbocycles. The van der Waals surface area contributed by atoms with Crippen molar-refractivity contribution in [2.24, 2.45) is 46.3 Å². The van der Waals surface area contributed by atoms with Crippen molar-refractivity contribution in [3.05, 3.63) is 11.6 Å². The molecule has 0 aromatic heterocycles. The van der Waals surface area contributed by atoms with Crippen LogP contribution in [0.25, 0.3) is 0 Å². The van der Waals surface area contributed by atoms with E-state index in [0.29, 0.717) is 16.7 Å². The monoisotopic (exact) mass is 430 g/mol. The van der Waals surface area contributed by atoms with Gasteiger partial charge in [0, 0.05) is 0 Å². The molecule has 9 atom stereocenters. The molecule has 0 heterocycles. The maximum atomic E-state index is 10.7. The van der Waals surface area contributed by atoms with Gasteiger partial charge < -0.3 is 10.2 Å². The van der Waals surface area contributed by atoms with Gasteiger partial charge in [-0.2, -0.15) is 0 Å². The lowest BCUT2D eigenvalue weighted by Crippen LogP contribution is -2.52. The Hall–Kier alpha value is -0.340. The molecule has 0 radical (unpaired) electrons. The molecule has 0 bridgehead atoms. The molecular weight excluding hydrogens is 380 g/mol. The first-order valence-corrected chi connectivity index (χ1v) is 13.6. The van der Waals surface area contributed by atoms with Crippen LogP contribution < -0.4 is 0 Å². The smallest absolute Gasteiger partial charge is 0.0657 e. The quantitative estimate of drug-likeness (QED) is 0.440. The topological polar surface area (TPSA) is 40.5 Å². The molecule has 4 rings (SSSR count). The molecule has 0 aliphatic heterocycles. The highest BCUT2D eigenvalue weighted by Gasteiger charge is 2.60. The molecule has 2 heteroatoms. The fraction of sp³-hybridized carbons (Fsp3) is 0.931. The lowest BCUT2D eigenvalue weighted by molar-refractivity contribution is -0.0794. The Morgan fingerprint density at radius 1 is 1.00 bits per heavy atom.